The Morgan fingerprint density at radius 1 is 1.00 bits per heavy atom. The molecule has 1 N–H and O–H groups in total. The van der Waals surface area contributed by atoms with Gasteiger partial charge in [0.2, 0.25) is 0 Å². The van der Waals surface area contributed by atoms with Crippen molar-refractivity contribution in [2.45, 2.75) is 59.5 Å². The maximum absolute atomic E-state index is 13.7. The molecule has 0 fully saturated rings. The van der Waals surface area contributed by atoms with Gasteiger partial charge in [0, 0.05) is 42.0 Å². The molecule has 4 heterocycles. The minimum absolute atomic E-state index is 0.0284. The number of unbranched alkanes of at least 4 members (excludes halogenated alkanes) is 1. The Labute approximate surface area is 215 Å². The van der Waals surface area contributed by atoms with Crippen LogP contribution in [-0.2, 0) is 19.5 Å². The van der Waals surface area contributed by atoms with Gasteiger partial charge >= 0.3 is 5.69 Å². The van der Waals surface area contributed by atoms with Crippen LogP contribution in [0.5, 0.6) is 0 Å². The van der Waals surface area contributed by atoms with Crippen LogP contribution in [0.3, 0.4) is 0 Å². The molecule has 0 aliphatic carbocycles. The van der Waals surface area contributed by atoms with Crippen molar-refractivity contribution in [1.29, 1.82) is 0 Å². The van der Waals surface area contributed by atoms with Crippen molar-refractivity contribution in [3.05, 3.63) is 88.5 Å². The first-order chi connectivity index (χ1) is 18.1. The van der Waals surface area contributed by atoms with Crippen molar-refractivity contribution in [3.63, 3.8) is 0 Å². The lowest BCUT2D eigenvalue weighted by molar-refractivity contribution is 0.640. The molecule has 190 valence electrons. The van der Waals surface area contributed by atoms with Crippen molar-refractivity contribution in [1.82, 2.24) is 39.3 Å². The number of imidazole rings is 1. The number of aryl methyl sites for hydroxylation is 3. The van der Waals surface area contributed by atoms with Gasteiger partial charge in [0.25, 0.3) is 0 Å². The first-order valence-corrected chi connectivity index (χ1v) is 12.9. The highest BCUT2D eigenvalue weighted by atomic mass is 16.1. The molecule has 0 bridgehead atoms. The molecule has 5 aromatic rings. The smallest absolute Gasteiger partial charge is 0.334 e. The minimum Gasteiger partial charge on any atom is -0.334 e. The first kappa shape index (κ1) is 24.4. The average Bonchev–Trinajstić information content (AvgIpc) is 3.65. The molecule has 9 nitrogen and oxygen atoms in total. The Balaban J connectivity index is 1.48. The quantitative estimate of drug-likeness (QED) is 0.300. The molecule has 0 saturated carbocycles. The standard InChI is InChI=1S/C28H32N8O/c1-4-6-9-23-19-36(27-20(3)14-16-34(27)15-5-2)28(37)35(23)18-22-13-12-21(17-29-22)24-10-7-8-11-25(24)26-30-32-33-31-26/h7-8,10-14,16-17,19H,4-6,9,15,18H2,1-3H3,(H,30,31,32,33). The van der Waals surface area contributed by atoms with Gasteiger partial charge in [0.05, 0.1) is 12.2 Å². The van der Waals surface area contributed by atoms with E-state index < -0.39 is 0 Å². The lowest BCUT2D eigenvalue weighted by Gasteiger charge is -2.10. The molecule has 0 saturated heterocycles. The third-order valence-electron chi connectivity index (χ3n) is 6.65. The van der Waals surface area contributed by atoms with Gasteiger partial charge in [0.1, 0.15) is 5.82 Å². The molecule has 5 rings (SSSR count). The molecule has 0 amide bonds. The summed E-state index contributed by atoms with van der Waals surface area (Å²) < 4.78 is 5.85. The van der Waals surface area contributed by atoms with Gasteiger partial charge in [-0.25, -0.2) is 9.89 Å². The van der Waals surface area contributed by atoms with Crippen molar-refractivity contribution in [3.8, 4) is 28.3 Å². The Morgan fingerprint density at radius 2 is 1.84 bits per heavy atom. The number of nitrogens with zero attached hydrogens (tertiary/aromatic N) is 7. The predicted octanol–water partition coefficient (Wildman–Crippen LogP) is 4.79. The number of benzene rings is 1. The summed E-state index contributed by atoms with van der Waals surface area (Å²) in [4.78, 5) is 18.4. The van der Waals surface area contributed by atoms with Gasteiger partial charge in [-0.2, -0.15) is 0 Å². The van der Waals surface area contributed by atoms with Crippen LogP contribution < -0.4 is 5.69 Å². The number of rotatable bonds is 10. The van der Waals surface area contributed by atoms with Crippen LogP contribution in [0, 0.1) is 6.92 Å². The maximum Gasteiger partial charge on any atom is 0.334 e. The number of aromatic amines is 1. The van der Waals surface area contributed by atoms with E-state index in [1.165, 1.54) is 0 Å². The number of aromatic nitrogens is 8. The number of pyridine rings is 1. The molecule has 0 spiro atoms. The van der Waals surface area contributed by atoms with Crippen LogP contribution in [0.4, 0.5) is 0 Å². The number of tetrazole rings is 1. The second-order valence-electron chi connectivity index (χ2n) is 9.31. The lowest BCUT2D eigenvalue weighted by Crippen LogP contribution is -2.26. The SMILES string of the molecule is CCCCc1cn(-c2c(C)ccn2CCC)c(=O)n1Cc1ccc(-c2ccccc2-c2nnn[nH]2)cn1. The number of H-pyrrole nitrogens is 1. The fraction of sp³-hybridized carbons (Fsp3) is 0.321. The topological polar surface area (TPSA) is 99.2 Å². The lowest BCUT2D eigenvalue weighted by atomic mass is 10.0. The van der Waals surface area contributed by atoms with E-state index in [1.807, 2.05) is 57.9 Å². The zero-order valence-electron chi connectivity index (χ0n) is 21.6. The van der Waals surface area contributed by atoms with Crippen LogP contribution in [0.25, 0.3) is 28.3 Å². The summed E-state index contributed by atoms with van der Waals surface area (Å²) in [5.74, 6) is 1.56. The van der Waals surface area contributed by atoms with Gasteiger partial charge in [-0.05, 0) is 59.9 Å². The number of hydrogen-bond donors (Lipinski definition) is 1. The van der Waals surface area contributed by atoms with E-state index in [0.29, 0.717) is 12.4 Å². The van der Waals surface area contributed by atoms with E-state index in [2.05, 4.69) is 58.2 Å². The average molecular weight is 497 g/mol. The highest BCUT2D eigenvalue weighted by Crippen LogP contribution is 2.29. The van der Waals surface area contributed by atoms with Crippen LogP contribution in [0.1, 0.15) is 50.1 Å². The third kappa shape index (κ3) is 4.89. The molecule has 0 radical (unpaired) electrons. The zero-order chi connectivity index (χ0) is 25.8. The zero-order valence-corrected chi connectivity index (χ0v) is 21.6. The third-order valence-corrected chi connectivity index (χ3v) is 6.65. The largest absolute Gasteiger partial charge is 0.334 e. The van der Waals surface area contributed by atoms with Crippen LogP contribution >= 0.6 is 0 Å². The van der Waals surface area contributed by atoms with Crippen molar-refractivity contribution in [2.24, 2.45) is 0 Å². The Bertz CT molecular complexity index is 1520. The molecular formula is C28H32N8O. The highest BCUT2D eigenvalue weighted by Gasteiger charge is 2.18. The number of nitrogens with one attached hydrogen (secondary N) is 1. The molecule has 0 unspecified atom stereocenters. The molecule has 0 aliphatic rings. The Hall–Kier alpha value is -4.27. The maximum atomic E-state index is 13.7. The molecule has 1 aromatic carbocycles. The predicted molar refractivity (Wildman–Crippen MR) is 144 cm³/mol. The first-order valence-electron chi connectivity index (χ1n) is 12.9. The summed E-state index contributed by atoms with van der Waals surface area (Å²) in [7, 11) is 0. The van der Waals surface area contributed by atoms with Crippen LogP contribution in [0.15, 0.2) is 65.8 Å². The fourth-order valence-electron chi connectivity index (χ4n) is 4.78. The van der Waals surface area contributed by atoms with E-state index >= 15 is 0 Å². The molecule has 0 atom stereocenters. The molecular weight excluding hydrogens is 464 g/mol. The van der Waals surface area contributed by atoms with E-state index in [0.717, 1.165) is 71.7 Å². The van der Waals surface area contributed by atoms with Gasteiger partial charge in [-0.15, -0.1) is 5.10 Å². The van der Waals surface area contributed by atoms with Crippen molar-refractivity contribution in [2.75, 3.05) is 0 Å². The van der Waals surface area contributed by atoms with Crippen LogP contribution in [0.2, 0.25) is 0 Å². The fourth-order valence-corrected chi connectivity index (χ4v) is 4.78. The highest BCUT2D eigenvalue weighted by molar-refractivity contribution is 5.79. The molecule has 9 heteroatoms. The summed E-state index contributed by atoms with van der Waals surface area (Å²) in [6, 6.07) is 14.0. The summed E-state index contributed by atoms with van der Waals surface area (Å²) in [6.07, 6.45) is 9.88. The monoisotopic (exact) mass is 496 g/mol. The van der Waals surface area contributed by atoms with Gasteiger partial charge in [0.15, 0.2) is 5.82 Å². The van der Waals surface area contributed by atoms with E-state index in [9.17, 15) is 4.79 Å². The Morgan fingerprint density at radius 3 is 2.54 bits per heavy atom. The minimum atomic E-state index is -0.0284. The molecule has 4 aromatic heterocycles. The van der Waals surface area contributed by atoms with E-state index in [-0.39, 0.29) is 5.69 Å². The second-order valence-corrected chi connectivity index (χ2v) is 9.31. The summed E-state index contributed by atoms with van der Waals surface area (Å²) in [6.45, 7) is 7.68. The molecule has 0 aliphatic heterocycles. The van der Waals surface area contributed by atoms with E-state index in [1.54, 1.807) is 0 Å². The normalized spacial score (nSPS) is 11.3. The van der Waals surface area contributed by atoms with Gasteiger partial charge in [-0.1, -0.05) is 50.6 Å². The summed E-state index contributed by atoms with van der Waals surface area (Å²) >= 11 is 0. The number of hydrogen-bond acceptors (Lipinski definition) is 5. The van der Waals surface area contributed by atoms with E-state index in [4.69, 9.17) is 4.98 Å². The van der Waals surface area contributed by atoms with Crippen molar-refractivity contribution >= 4 is 0 Å². The second kappa shape index (κ2) is 10.8. The summed E-state index contributed by atoms with van der Waals surface area (Å²) in [5, 5.41) is 14.3. The van der Waals surface area contributed by atoms with Crippen molar-refractivity contribution < 1.29 is 0 Å². The Kier molecular flexibility index (Phi) is 7.11. The molecule has 37 heavy (non-hydrogen) atoms. The van der Waals surface area contributed by atoms with Gasteiger partial charge < -0.3 is 4.57 Å². The van der Waals surface area contributed by atoms with Crippen LogP contribution in [-0.4, -0.2) is 39.3 Å². The van der Waals surface area contributed by atoms with Gasteiger partial charge in [-0.3, -0.25) is 14.1 Å². The summed E-state index contributed by atoms with van der Waals surface area (Å²) in [5.41, 5.74) is 5.78.